The van der Waals surface area contributed by atoms with Gasteiger partial charge in [0.15, 0.2) is 23.3 Å². The summed E-state index contributed by atoms with van der Waals surface area (Å²) >= 11 is 5.79. The molecule has 0 N–H and O–H groups in total. The zero-order valence-electron chi connectivity index (χ0n) is 7.98. The highest BCUT2D eigenvalue weighted by Crippen LogP contribution is 2.21. The van der Waals surface area contributed by atoms with Crippen molar-refractivity contribution in [2.75, 3.05) is 0 Å². The smallest absolute Gasteiger partial charge is 0.264 e. The van der Waals surface area contributed by atoms with Crippen LogP contribution in [0.5, 0.6) is 5.75 Å². The van der Waals surface area contributed by atoms with Gasteiger partial charge in [0.2, 0.25) is 0 Å². The Morgan fingerprint density at radius 1 is 1.53 bits per heavy atom. The lowest BCUT2D eigenvalue weighted by molar-refractivity contribution is 0.242. The van der Waals surface area contributed by atoms with Crippen LogP contribution < -0.4 is 4.74 Å². The van der Waals surface area contributed by atoms with Crippen LogP contribution in [0.15, 0.2) is 22.9 Å². The quantitative estimate of drug-likeness (QED) is 0.748. The van der Waals surface area contributed by atoms with Crippen molar-refractivity contribution in [1.82, 2.24) is 15.1 Å². The molecular weight excluding hydrogens is 218 g/mol. The Bertz CT molecular complexity index is 458. The van der Waals surface area contributed by atoms with E-state index in [2.05, 4.69) is 15.1 Å². The molecule has 0 fully saturated rings. The maximum absolute atomic E-state index is 5.79. The Hall–Kier alpha value is -1.62. The van der Waals surface area contributed by atoms with Gasteiger partial charge in [-0.1, -0.05) is 16.8 Å². The molecule has 0 aromatic carbocycles. The molecule has 0 saturated heterocycles. The van der Waals surface area contributed by atoms with Gasteiger partial charge in [-0.2, -0.15) is 4.98 Å². The molecule has 78 valence electrons. The largest absolute Gasteiger partial charge is 0.481 e. The van der Waals surface area contributed by atoms with E-state index in [1.165, 1.54) is 0 Å². The molecule has 2 heterocycles. The fourth-order valence-corrected chi connectivity index (χ4v) is 1.19. The fourth-order valence-electron chi connectivity index (χ4n) is 1.02. The van der Waals surface area contributed by atoms with Crippen molar-refractivity contribution < 1.29 is 9.26 Å². The monoisotopic (exact) mass is 225 g/mol. The Labute approximate surface area is 91.0 Å². The molecule has 0 aliphatic heterocycles. The molecule has 15 heavy (non-hydrogen) atoms. The van der Waals surface area contributed by atoms with E-state index in [0.717, 1.165) is 0 Å². The first-order chi connectivity index (χ1) is 7.25. The highest BCUT2D eigenvalue weighted by Gasteiger charge is 2.05. The summed E-state index contributed by atoms with van der Waals surface area (Å²) in [5.74, 6) is 1.48. The molecule has 0 saturated carbocycles. The minimum atomic E-state index is 0.187. The molecule has 0 atom stereocenters. The zero-order chi connectivity index (χ0) is 10.7. The van der Waals surface area contributed by atoms with Crippen LogP contribution in [0.2, 0.25) is 5.15 Å². The highest BCUT2D eigenvalue weighted by molar-refractivity contribution is 6.30. The number of hydrogen-bond acceptors (Lipinski definition) is 5. The summed E-state index contributed by atoms with van der Waals surface area (Å²) in [6.45, 7) is 1.93. The van der Waals surface area contributed by atoms with Gasteiger partial charge >= 0.3 is 0 Å². The van der Waals surface area contributed by atoms with Gasteiger partial charge in [0.05, 0.1) is 0 Å². The van der Waals surface area contributed by atoms with Gasteiger partial charge in [-0.15, -0.1) is 0 Å². The summed E-state index contributed by atoms with van der Waals surface area (Å²) in [6.07, 6.45) is 1.59. The average Bonchev–Trinajstić information content (AvgIpc) is 2.63. The second-order valence-corrected chi connectivity index (χ2v) is 3.17. The molecule has 0 amide bonds. The van der Waals surface area contributed by atoms with Gasteiger partial charge in [-0.3, -0.25) is 0 Å². The molecule has 2 aromatic rings. The summed E-state index contributed by atoms with van der Waals surface area (Å²) in [4.78, 5) is 7.86. The maximum atomic E-state index is 5.79. The van der Waals surface area contributed by atoms with Gasteiger partial charge in [0.25, 0.3) is 5.89 Å². The van der Waals surface area contributed by atoms with Gasteiger partial charge in [0.1, 0.15) is 0 Å². The molecular formula is C9H8ClN3O2. The van der Waals surface area contributed by atoms with Crippen LogP contribution >= 0.6 is 11.6 Å². The van der Waals surface area contributed by atoms with E-state index >= 15 is 0 Å². The van der Waals surface area contributed by atoms with E-state index in [1.807, 2.05) is 0 Å². The van der Waals surface area contributed by atoms with E-state index in [-0.39, 0.29) is 6.61 Å². The van der Waals surface area contributed by atoms with E-state index in [4.69, 9.17) is 20.9 Å². The van der Waals surface area contributed by atoms with Gasteiger partial charge < -0.3 is 9.26 Å². The van der Waals surface area contributed by atoms with Crippen LogP contribution in [-0.4, -0.2) is 15.1 Å². The Balaban J connectivity index is 2.02. The predicted octanol–water partition coefficient (Wildman–Crippen LogP) is 2.01. The number of rotatable bonds is 3. The molecule has 0 aliphatic carbocycles. The SMILES string of the molecule is Cc1noc(COc2cccnc2Cl)n1. The molecule has 0 radical (unpaired) electrons. The van der Waals surface area contributed by atoms with Gasteiger partial charge in [-0.05, 0) is 19.1 Å². The first-order valence-corrected chi connectivity index (χ1v) is 4.66. The first-order valence-electron chi connectivity index (χ1n) is 4.28. The second kappa shape index (κ2) is 4.27. The van der Waals surface area contributed by atoms with Crippen molar-refractivity contribution in [3.05, 3.63) is 35.2 Å². The third-order valence-corrected chi connectivity index (χ3v) is 1.93. The predicted molar refractivity (Wildman–Crippen MR) is 52.6 cm³/mol. The molecule has 5 nitrogen and oxygen atoms in total. The zero-order valence-corrected chi connectivity index (χ0v) is 8.73. The number of aromatic nitrogens is 3. The van der Waals surface area contributed by atoms with Gasteiger partial charge in [0, 0.05) is 6.20 Å². The maximum Gasteiger partial charge on any atom is 0.264 e. The molecule has 0 aliphatic rings. The summed E-state index contributed by atoms with van der Waals surface area (Å²) in [5.41, 5.74) is 0. The average molecular weight is 226 g/mol. The van der Waals surface area contributed by atoms with Crippen LogP contribution in [0.3, 0.4) is 0 Å². The number of aryl methyl sites for hydroxylation is 1. The first kappa shape index (κ1) is 9.92. The second-order valence-electron chi connectivity index (χ2n) is 2.82. The standard InChI is InChI=1S/C9H8ClN3O2/c1-6-12-8(15-13-6)5-14-7-3-2-4-11-9(7)10/h2-4H,5H2,1H3. The molecule has 6 heteroatoms. The van der Waals surface area contributed by atoms with Crippen molar-refractivity contribution in [1.29, 1.82) is 0 Å². The lowest BCUT2D eigenvalue weighted by Gasteiger charge is -2.03. The van der Waals surface area contributed by atoms with E-state index in [0.29, 0.717) is 22.6 Å². The third-order valence-electron chi connectivity index (χ3n) is 1.65. The van der Waals surface area contributed by atoms with Crippen LogP contribution in [0.1, 0.15) is 11.7 Å². The lowest BCUT2D eigenvalue weighted by atomic mass is 10.5. The third kappa shape index (κ3) is 2.44. The van der Waals surface area contributed by atoms with Gasteiger partial charge in [-0.25, -0.2) is 4.98 Å². The number of nitrogens with zero attached hydrogens (tertiary/aromatic N) is 3. The molecule has 0 spiro atoms. The number of hydrogen-bond donors (Lipinski definition) is 0. The van der Waals surface area contributed by atoms with E-state index in [1.54, 1.807) is 25.3 Å². The summed E-state index contributed by atoms with van der Waals surface area (Å²) in [7, 11) is 0. The fraction of sp³-hybridized carbons (Fsp3) is 0.222. The van der Waals surface area contributed by atoms with E-state index < -0.39 is 0 Å². The molecule has 0 bridgehead atoms. The molecule has 0 unspecified atom stereocenters. The highest BCUT2D eigenvalue weighted by atomic mass is 35.5. The summed E-state index contributed by atoms with van der Waals surface area (Å²) < 4.78 is 10.2. The molecule has 2 rings (SSSR count). The van der Waals surface area contributed by atoms with Crippen LogP contribution in [0.25, 0.3) is 0 Å². The number of pyridine rings is 1. The van der Waals surface area contributed by atoms with Crippen molar-refractivity contribution in [2.45, 2.75) is 13.5 Å². The van der Waals surface area contributed by atoms with Crippen molar-refractivity contribution in [2.24, 2.45) is 0 Å². The minimum Gasteiger partial charge on any atom is -0.481 e. The Morgan fingerprint density at radius 2 is 2.40 bits per heavy atom. The Kier molecular flexibility index (Phi) is 2.82. The van der Waals surface area contributed by atoms with Crippen LogP contribution in [0.4, 0.5) is 0 Å². The van der Waals surface area contributed by atoms with Crippen LogP contribution in [0, 0.1) is 6.92 Å². The topological polar surface area (TPSA) is 61.0 Å². The lowest BCUT2D eigenvalue weighted by Crippen LogP contribution is -1.96. The van der Waals surface area contributed by atoms with Crippen LogP contribution in [-0.2, 0) is 6.61 Å². The number of halogens is 1. The number of ether oxygens (including phenoxy) is 1. The molecule has 2 aromatic heterocycles. The van der Waals surface area contributed by atoms with Crippen molar-refractivity contribution in [3.63, 3.8) is 0 Å². The minimum absolute atomic E-state index is 0.187. The summed E-state index contributed by atoms with van der Waals surface area (Å²) in [6, 6.07) is 3.46. The normalized spacial score (nSPS) is 10.3. The Morgan fingerprint density at radius 3 is 3.07 bits per heavy atom. The van der Waals surface area contributed by atoms with E-state index in [9.17, 15) is 0 Å². The summed E-state index contributed by atoms with van der Waals surface area (Å²) in [5, 5.41) is 3.95. The van der Waals surface area contributed by atoms with Crippen molar-refractivity contribution in [3.8, 4) is 5.75 Å². The van der Waals surface area contributed by atoms with Crippen molar-refractivity contribution >= 4 is 11.6 Å².